The lowest BCUT2D eigenvalue weighted by Crippen LogP contribution is -2.12. The van der Waals surface area contributed by atoms with Crippen molar-refractivity contribution in [2.45, 2.75) is 6.92 Å². The SMILES string of the molecule is CCOC(=O)c1ccnn1-c1ccnc(-c2cccc([N+](=O)[O-])c2)c1.Cl.Cl. The van der Waals surface area contributed by atoms with Crippen molar-refractivity contribution in [1.82, 2.24) is 14.8 Å². The maximum Gasteiger partial charge on any atom is 0.357 e. The van der Waals surface area contributed by atoms with E-state index in [1.54, 1.807) is 43.5 Å². The Labute approximate surface area is 167 Å². The van der Waals surface area contributed by atoms with Gasteiger partial charge < -0.3 is 4.74 Å². The van der Waals surface area contributed by atoms with Crippen LogP contribution in [0.5, 0.6) is 0 Å². The number of hydrogen-bond acceptors (Lipinski definition) is 6. The van der Waals surface area contributed by atoms with Crippen LogP contribution in [0.1, 0.15) is 17.4 Å². The summed E-state index contributed by atoms with van der Waals surface area (Å²) in [5.74, 6) is -0.478. The van der Waals surface area contributed by atoms with E-state index in [1.165, 1.54) is 23.0 Å². The van der Waals surface area contributed by atoms with Crippen LogP contribution in [0.15, 0.2) is 54.9 Å². The predicted octanol–water partition coefficient (Wildman–Crippen LogP) is 3.86. The van der Waals surface area contributed by atoms with E-state index in [9.17, 15) is 14.9 Å². The highest BCUT2D eigenvalue weighted by Crippen LogP contribution is 2.24. The lowest BCUT2D eigenvalue weighted by atomic mass is 10.1. The largest absolute Gasteiger partial charge is 0.461 e. The fraction of sp³-hybridized carbons (Fsp3) is 0.118. The molecule has 2 aromatic heterocycles. The van der Waals surface area contributed by atoms with Crippen LogP contribution in [0.25, 0.3) is 16.9 Å². The molecule has 142 valence electrons. The van der Waals surface area contributed by atoms with E-state index < -0.39 is 10.9 Å². The molecule has 3 rings (SSSR count). The zero-order chi connectivity index (χ0) is 17.8. The Hall–Kier alpha value is -2.97. The highest BCUT2D eigenvalue weighted by atomic mass is 35.5. The maximum absolute atomic E-state index is 12.0. The van der Waals surface area contributed by atoms with Gasteiger partial charge in [0.25, 0.3) is 5.69 Å². The van der Waals surface area contributed by atoms with Gasteiger partial charge in [-0.25, -0.2) is 9.48 Å². The van der Waals surface area contributed by atoms with Crippen LogP contribution in [-0.2, 0) is 4.74 Å². The van der Waals surface area contributed by atoms with E-state index in [-0.39, 0.29) is 42.8 Å². The normalized spacial score (nSPS) is 9.67. The summed E-state index contributed by atoms with van der Waals surface area (Å²) in [6, 6.07) is 11.1. The number of rotatable bonds is 5. The Balaban J connectivity index is 0.00000182. The van der Waals surface area contributed by atoms with Crippen molar-refractivity contribution in [3.8, 4) is 16.9 Å². The van der Waals surface area contributed by atoms with E-state index in [4.69, 9.17) is 4.74 Å². The molecule has 0 aliphatic carbocycles. The second-order valence-electron chi connectivity index (χ2n) is 5.06. The third-order valence-electron chi connectivity index (χ3n) is 3.47. The van der Waals surface area contributed by atoms with Crippen LogP contribution < -0.4 is 0 Å². The standard InChI is InChI=1S/C17H14N4O4.2ClH/c1-2-25-17(22)16-7-9-19-20(16)13-6-8-18-15(11-13)12-4-3-5-14(10-12)21(23)24;;/h3-11H,2H2,1H3;2*1H. The first kappa shape index (κ1) is 22.1. The number of hydrogen-bond donors (Lipinski definition) is 0. The molecule has 0 N–H and O–H groups in total. The number of ether oxygens (including phenoxy) is 1. The van der Waals surface area contributed by atoms with Gasteiger partial charge in [-0.2, -0.15) is 5.10 Å². The smallest absolute Gasteiger partial charge is 0.357 e. The molecular weight excluding hydrogens is 395 g/mol. The minimum atomic E-state index is -0.478. The zero-order valence-electron chi connectivity index (χ0n) is 14.1. The molecule has 1 aromatic carbocycles. The molecule has 8 nitrogen and oxygen atoms in total. The first-order valence-electron chi connectivity index (χ1n) is 7.52. The predicted molar refractivity (Wildman–Crippen MR) is 104 cm³/mol. The fourth-order valence-electron chi connectivity index (χ4n) is 2.36. The molecule has 0 atom stereocenters. The molecule has 0 unspecified atom stereocenters. The Bertz CT molecular complexity index is 946. The van der Waals surface area contributed by atoms with Gasteiger partial charge in [0, 0.05) is 23.9 Å². The van der Waals surface area contributed by atoms with Crippen molar-refractivity contribution in [2.24, 2.45) is 0 Å². The third kappa shape index (κ3) is 4.81. The van der Waals surface area contributed by atoms with Gasteiger partial charge in [-0.3, -0.25) is 15.1 Å². The number of aromatic nitrogens is 3. The number of esters is 1. The summed E-state index contributed by atoms with van der Waals surface area (Å²) < 4.78 is 6.46. The second kappa shape index (κ2) is 9.65. The van der Waals surface area contributed by atoms with E-state index >= 15 is 0 Å². The lowest BCUT2D eigenvalue weighted by Gasteiger charge is -2.08. The molecule has 0 bridgehead atoms. The molecule has 0 amide bonds. The van der Waals surface area contributed by atoms with Crippen LogP contribution in [0, 0.1) is 10.1 Å². The third-order valence-corrected chi connectivity index (χ3v) is 3.47. The molecule has 0 radical (unpaired) electrons. The highest BCUT2D eigenvalue weighted by Gasteiger charge is 2.15. The molecule has 27 heavy (non-hydrogen) atoms. The van der Waals surface area contributed by atoms with Crippen molar-refractivity contribution < 1.29 is 14.5 Å². The number of non-ortho nitro benzene ring substituents is 1. The number of nitro groups is 1. The van der Waals surface area contributed by atoms with Gasteiger partial charge in [0.2, 0.25) is 0 Å². The topological polar surface area (TPSA) is 100 Å². The molecule has 10 heteroatoms. The monoisotopic (exact) mass is 410 g/mol. The number of nitrogens with zero attached hydrogens (tertiary/aromatic N) is 4. The Morgan fingerprint density at radius 3 is 2.67 bits per heavy atom. The van der Waals surface area contributed by atoms with Crippen molar-refractivity contribution >= 4 is 36.5 Å². The molecule has 2 heterocycles. The van der Waals surface area contributed by atoms with E-state index in [0.29, 0.717) is 16.9 Å². The van der Waals surface area contributed by atoms with Crippen molar-refractivity contribution in [3.05, 3.63) is 70.7 Å². The second-order valence-corrected chi connectivity index (χ2v) is 5.06. The van der Waals surface area contributed by atoms with Crippen molar-refractivity contribution in [2.75, 3.05) is 6.61 Å². The molecule has 3 aromatic rings. The molecule has 0 saturated carbocycles. The molecular formula is C17H16Cl2N4O4. The summed E-state index contributed by atoms with van der Waals surface area (Å²) in [5, 5.41) is 15.1. The minimum Gasteiger partial charge on any atom is -0.461 e. The number of benzene rings is 1. The van der Waals surface area contributed by atoms with Crippen LogP contribution in [0.2, 0.25) is 0 Å². The average Bonchev–Trinajstić information content (AvgIpc) is 3.12. The van der Waals surface area contributed by atoms with E-state index in [2.05, 4.69) is 10.1 Å². The lowest BCUT2D eigenvalue weighted by molar-refractivity contribution is -0.384. The van der Waals surface area contributed by atoms with Crippen LogP contribution >= 0.6 is 24.8 Å². The maximum atomic E-state index is 12.0. The average molecular weight is 411 g/mol. The van der Waals surface area contributed by atoms with Gasteiger partial charge >= 0.3 is 5.97 Å². The van der Waals surface area contributed by atoms with Gasteiger partial charge in [-0.15, -0.1) is 24.8 Å². The highest BCUT2D eigenvalue weighted by molar-refractivity contribution is 5.88. The van der Waals surface area contributed by atoms with Gasteiger partial charge in [-0.05, 0) is 25.1 Å². The van der Waals surface area contributed by atoms with Crippen molar-refractivity contribution in [1.29, 1.82) is 0 Å². The van der Waals surface area contributed by atoms with Gasteiger partial charge in [0.15, 0.2) is 5.69 Å². The molecule has 0 aliphatic rings. The van der Waals surface area contributed by atoms with Crippen LogP contribution in [-0.4, -0.2) is 32.3 Å². The summed E-state index contributed by atoms with van der Waals surface area (Å²) in [6.45, 7) is 1.99. The Kier molecular flexibility index (Phi) is 7.89. The molecule has 0 fully saturated rings. The zero-order valence-corrected chi connectivity index (χ0v) is 15.8. The summed E-state index contributed by atoms with van der Waals surface area (Å²) in [6.07, 6.45) is 3.06. The number of halogens is 2. The number of carbonyl (C=O) groups excluding carboxylic acids is 1. The summed E-state index contributed by atoms with van der Waals surface area (Å²) in [7, 11) is 0. The quantitative estimate of drug-likeness (QED) is 0.359. The first-order chi connectivity index (χ1) is 12.1. The summed E-state index contributed by atoms with van der Waals surface area (Å²) >= 11 is 0. The van der Waals surface area contributed by atoms with Gasteiger partial charge in [-0.1, -0.05) is 12.1 Å². The van der Waals surface area contributed by atoms with Gasteiger partial charge in [0.1, 0.15) is 0 Å². The minimum absolute atomic E-state index is 0. The van der Waals surface area contributed by atoms with Crippen molar-refractivity contribution in [3.63, 3.8) is 0 Å². The Morgan fingerprint density at radius 1 is 1.19 bits per heavy atom. The van der Waals surface area contributed by atoms with E-state index in [0.717, 1.165) is 0 Å². The molecule has 0 saturated heterocycles. The van der Waals surface area contributed by atoms with Crippen LogP contribution in [0.3, 0.4) is 0 Å². The molecule has 0 spiro atoms. The van der Waals surface area contributed by atoms with Crippen LogP contribution in [0.4, 0.5) is 5.69 Å². The number of carbonyl (C=O) groups is 1. The number of pyridine rings is 1. The van der Waals surface area contributed by atoms with Gasteiger partial charge in [0.05, 0.1) is 29.1 Å². The molecule has 0 aliphatic heterocycles. The Morgan fingerprint density at radius 2 is 1.96 bits per heavy atom. The number of nitro benzene ring substituents is 1. The summed E-state index contributed by atoms with van der Waals surface area (Å²) in [5.41, 5.74) is 2.01. The first-order valence-corrected chi connectivity index (χ1v) is 7.52. The van der Waals surface area contributed by atoms with E-state index in [1.807, 2.05) is 0 Å². The fourth-order valence-corrected chi connectivity index (χ4v) is 2.36. The summed E-state index contributed by atoms with van der Waals surface area (Å²) in [4.78, 5) is 26.7.